The van der Waals surface area contributed by atoms with Gasteiger partial charge in [-0.05, 0) is 43.0 Å². The largest absolute Gasteiger partial charge is 0.336 e. The van der Waals surface area contributed by atoms with Gasteiger partial charge < -0.3 is 10.6 Å². The Morgan fingerprint density at radius 3 is 2.60 bits per heavy atom. The van der Waals surface area contributed by atoms with Crippen molar-refractivity contribution in [2.75, 3.05) is 23.3 Å². The van der Waals surface area contributed by atoms with Gasteiger partial charge in [-0.3, -0.25) is 9.69 Å². The lowest BCUT2D eigenvalue weighted by Gasteiger charge is -2.15. The fraction of sp³-hybridized carbons (Fsp3) is 0.467. The summed E-state index contributed by atoms with van der Waals surface area (Å²) in [5.74, 6) is 0.723. The monoisotopic (exact) mass is 273 g/mol. The lowest BCUT2D eigenvalue weighted by atomic mass is 10.1. The van der Waals surface area contributed by atoms with Crippen LogP contribution in [0.2, 0.25) is 0 Å². The zero-order valence-electron chi connectivity index (χ0n) is 11.6. The van der Waals surface area contributed by atoms with Crippen LogP contribution < -0.4 is 15.5 Å². The lowest BCUT2D eigenvalue weighted by molar-refractivity contribution is -0.119. The molecule has 5 heteroatoms. The summed E-state index contributed by atoms with van der Waals surface area (Å²) in [7, 11) is 0. The Morgan fingerprint density at radius 2 is 2.05 bits per heavy atom. The molecule has 1 saturated carbocycles. The lowest BCUT2D eigenvalue weighted by Crippen LogP contribution is -2.27. The average molecular weight is 273 g/mol. The number of carbonyl (C=O) groups excluding carboxylic acids is 2. The first-order valence-electron chi connectivity index (χ1n) is 7.11. The van der Waals surface area contributed by atoms with Gasteiger partial charge in [0.25, 0.3) is 0 Å². The van der Waals surface area contributed by atoms with Crippen LogP contribution in [0.1, 0.15) is 19.8 Å². The molecule has 1 aromatic rings. The summed E-state index contributed by atoms with van der Waals surface area (Å²) in [6, 6.07) is 7.35. The third-order valence-corrected chi connectivity index (χ3v) is 4.05. The van der Waals surface area contributed by atoms with Gasteiger partial charge in [0.15, 0.2) is 0 Å². The van der Waals surface area contributed by atoms with Gasteiger partial charge in [-0.2, -0.15) is 0 Å². The molecule has 3 rings (SSSR count). The molecular formula is C15H19N3O2. The van der Waals surface area contributed by atoms with E-state index in [9.17, 15) is 9.59 Å². The van der Waals surface area contributed by atoms with E-state index in [4.69, 9.17) is 0 Å². The van der Waals surface area contributed by atoms with E-state index in [0.29, 0.717) is 19.0 Å². The number of rotatable bonds is 4. The quantitative estimate of drug-likeness (QED) is 0.883. The normalized spacial score (nSPS) is 19.6. The number of hydrogen-bond donors (Lipinski definition) is 2. The third-order valence-electron chi connectivity index (χ3n) is 4.05. The zero-order valence-corrected chi connectivity index (χ0v) is 11.6. The molecule has 5 nitrogen and oxygen atoms in total. The van der Waals surface area contributed by atoms with Gasteiger partial charge in [-0.25, -0.2) is 4.79 Å². The van der Waals surface area contributed by atoms with Crippen LogP contribution >= 0.6 is 0 Å². The molecule has 1 heterocycles. The van der Waals surface area contributed by atoms with Crippen LogP contribution in [-0.4, -0.2) is 25.0 Å². The number of nitrogens with zero attached hydrogens (tertiary/aromatic N) is 1. The minimum Gasteiger partial charge on any atom is -0.336 e. The molecular weight excluding hydrogens is 254 g/mol. The summed E-state index contributed by atoms with van der Waals surface area (Å²) in [5.41, 5.74) is 1.64. The molecule has 1 unspecified atom stereocenters. The Morgan fingerprint density at radius 1 is 1.35 bits per heavy atom. The van der Waals surface area contributed by atoms with Crippen LogP contribution in [-0.2, 0) is 4.79 Å². The maximum absolute atomic E-state index is 12.0. The highest BCUT2D eigenvalue weighted by atomic mass is 16.2. The fourth-order valence-electron chi connectivity index (χ4n) is 2.51. The van der Waals surface area contributed by atoms with Gasteiger partial charge in [0.2, 0.25) is 5.91 Å². The van der Waals surface area contributed by atoms with Crippen molar-refractivity contribution in [2.24, 2.45) is 11.8 Å². The van der Waals surface area contributed by atoms with Gasteiger partial charge in [-0.1, -0.05) is 6.92 Å². The number of carbonyl (C=O) groups is 2. The standard InChI is InChI=1S/C15H19N3O2/c1-10(11-2-3-11)14(19)17-12-4-6-13(7-5-12)18-9-8-16-15(18)20/h4-7,10-11H,2-3,8-9H2,1H3,(H,16,20)(H,17,19). The highest BCUT2D eigenvalue weighted by molar-refractivity contribution is 5.95. The van der Waals surface area contributed by atoms with E-state index >= 15 is 0 Å². The Hall–Kier alpha value is -2.04. The fourth-order valence-corrected chi connectivity index (χ4v) is 2.51. The Bertz CT molecular complexity index is 522. The van der Waals surface area contributed by atoms with Crippen LogP contribution in [0.15, 0.2) is 24.3 Å². The van der Waals surface area contributed by atoms with E-state index in [0.717, 1.165) is 24.2 Å². The maximum Gasteiger partial charge on any atom is 0.321 e. The van der Waals surface area contributed by atoms with Crippen LogP contribution in [0, 0.1) is 11.8 Å². The molecule has 2 aliphatic rings. The van der Waals surface area contributed by atoms with Gasteiger partial charge in [-0.15, -0.1) is 0 Å². The summed E-state index contributed by atoms with van der Waals surface area (Å²) < 4.78 is 0. The van der Waals surface area contributed by atoms with Crippen molar-refractivity contribution in [1.82, 2.24) is 5.32 Å². The molecule has 0 radical (unpaired) electrons. The van der Waals surface area contributed by atoms with Gasteiger partial charge >= 0.3 is 6.03 Å². The van der Waals surface area contributed by atoms with Gasteiger partial charge in [0.05, 0.1) is 0 Å². The Balaban J connectivity index is 1.63. The van der Waals surface area contributed by atoms with Crippen molar-refractivity contribution >= 4 is 23.3 Å². The smallest absolute Gasteiger partial charge is 0.321 e. The van der Waals surface area contributed by atoms with Crippen molar-refractivity contribution in [1.29, 1.82) is 0 Å². The molecule has 20 heavy (non-hydrogen) atoms. The van der Waals surface area contributed by atoms with E-state index in [1.54, 1.807) is 4.90 Å². The molecule has 106 valence electrons. The van der Waals surface area contributed by atoms with E-state index < -0.39 is 0 Å². The van der Waals surface area contributed by atoms with E-state index in [2.05, 4.69) is 10.6 Å². The number of benzene rings is 1. The molecule has 1 atom stereocenters. The highest BCUT2D eigenvalue weighted by Crippen LogP contribution is 2.37. The first-order valence-corrected chi connectivity index (χ1v) is 7.11. The Labute approximate surface area is 118 Å². The van der Waals surface area contributed by atoms with Crippen molar-refractivity contribution < 1.29 is 9.59 Å². The van der Waals surface area contributed by atoms with Gasteiger partial charge in [0, 0.05) is 30.4 Å². The van der Waals surface area contributed by atoms with Crippen molar-refractivity contribution in [3.05, 3.63) is 24.3 Å². The first kappa shape index (κ1) is 13.0. The number of amides is 3. The molecule has 3 amide bonds. The molecule has 2 N–H and O–H groups in total. The highest BCUT2D eigenvalue weighted by Gasteiger charge is 2.32. The van der Waals surface area contributed by atoms with Crippen molar-refractivity contribution in [2.45, 2.75) is 19.8 Å². The third kappa shape index (κ3) is 2.61. The van der Waals surface area contributed by atoms with Crippen LogP contribution in [0.4, 0.5) is 16.2 Å². The summed E-state index contributed by atoms with van der Waals surface area (Å²) in [4.78, 5) is 25.2. The number of urea groups is 1. The number of nitrogens with one attached hydrogen (secondary N) is 2. The van der Waals surface area contributed by atoms with Crippen LogP contribution in [0.25, 0.3) is 0 Å². The summed E-state index contributed by atoms with van der Waals surface area (Å²) >= 11 is 0. The van der Waals surface area contributed by atoms with E-state index in [1.165, 1.54) is 0 Å². The number of anilines is 2. The van der Waals surface area contributed by atoms with Crippen LogP contribution in [0.3, 0.4) is 0 Å². The maximum atomic E-state index is 12.0. The second kappa shape index (κ2) is 5.15. The number of hydrogen-bond acceptors (Lipinski definition) is 2. The second-order valence-corrected chi connectivity index (χ2v) is 5.55. The molecule has 0 aromatic heterocycles. The van der Waals surface area contributed by atoms with Crippen molar-refractivity contribution in [3.8, 4) is 0 Å². The summed E-state index contributed by atoms with van der Waals surface area (Å²) in [5, 5.41) is 5.70. The van der Waals surface area contributed by atoms with E-state index in [-0.39, 0.29) is 17.9 Å². The SMILES string of the molecule is CC(C(=O)Nc1ccc(N2CCNC2=O)cc1)C1CC1. The molecule has 0 spiro atoms. The molecule has 1 aliphatic carbocycles. The predicted octanol–water partition coefficient (Wildman–Crippen LogP) is 2.20. The Kier molecular flexibility index (Phi) is 3.34. The molecule has 2 fully saturated rings. The van der Waals surface area contributed by atoms with Crippen LogP contribution in [0.5, 0.6) is 0 Å². The zero-order chi connectivity index (χ0) is 14.1. The predicted molar refractivity (Wildman–Crippen MR) is 77.7 cm³/mol. The van der Waals surface area contributed by atoms with E-state index in [1.807, 2.05) is 31.2 Å². The average Bonchev–Trinajstić information content (AvgIpc) is 3.21. The minimum absolute atomic E-state index is 0.0656. The van der Waals surface area contributed by atoms with Crippen molar-refractivity contribution in [3.63, 3.8) is 0 Å². The molecule has 0 bridgehead atoms. The molecule has 1 aromatic carbocycles. The topological polar surface area (TPSA) is 61.4 Å². The molecule has 1 saturated heterocycles. The summed E-state index contributed by atoms with van der Waals surface area (Å²) in [6.45, 7) is 3.34. The first-order chi connectivity index (χ1) is 9.65. The summed E-state index contributed by atoms with van der Waals surface area (Å²) in [6.07, 6.45) is 2.33. The van der Waals surface area contributed by atoms with Gasteiger partial charge in [0.1, 0.15) is 0 Å². The minimum atomic E-state index is -0.0656. The molecule has 1 aliphatic heterocycles. The second-order valence-electron chi connectivity index (χ2n) is 5.55.